The first-order valence-corrected chi connectivity index (χ1v) is 10.8. The van der Waals surface area contributed by atoms with Crippen LogP contribution in [0.5, 0.6) is 0 Å². The average molecular weight is 423 g/mol. The van der Waals surface area contributed by atoms with Crippen LogP contribution in [0.1, 0.15) is 13.8 Å². The molecule has 0 saturated carbocycles. The standard InChI is InChI=1S/C23H22N2O4S/c1-12-16(21(23(28)29)25-20(12)19(13(2)26)22(25)27)11-24-17-9-5-3-7-14(17)15-8-4-6-10-18(15)30-24/h3-10,12-13,19-20,26H,11H2,1-2H3,(H,28,29)/t12-,13?,19?,20?/m0/s1. The number of para-hydroxylation sites is 1. The van der Waals surface area contributed by atoms with Crippen LogP contribution in [-0.2, 0) is 9.59 Å². The molecule has 2 aromatic carbocycles. The molecule has 1 fully saturated rings. The van der Waals surface area contributed by atoms with Crippen LogP contribution in [0.25, 0.3) is 11.1 Å². The Hall–Kier alpha value is -2.77. The number of anilines is 1. The van der Waals surface area contributed by atoms with Gasteiger partial charge in [-0.05, 0) is 42.1 Å². The molecule has 7 heteroatoms. The molecule has 154 valence electrons. The molecule has 0 aromatic heterocycles. The summed E-state index contributed by atoms with van der Waals surface area (Å²) in [4.78, 5) is 27.2. The number of carboxylic acids is 1. The Balaban J connectivity index is 1.55. The van der Waals surface area contributed by atoms with Gasteiger partial charge in [0.05, 0.1) is 30.3 Å². The highest BCUT2D eigenvalue weighted by atomic mass is 32.2. The number of hydrogen-bond acceptors (Lipinski definition) is 5. The number of β-lactam (4-membered cyclic amide) rings is 1. The van der Waals surface area contributed by atoms with Gasteiger partial charge in [0.2, 0.25) is 5.91 Å². The molecule has 1 amide bonds. The minimum Gasteiger partial charge on any atom is -0.477 e. The lowest BCUT2D eigenvalue weighted by Crippen LogP contribution is -2.63. The van der Waals surface area contributed by atoms with Gasteiger partial charge < -0.3 is 19.4 Å². The molecule has 1 saturated heterocycles. The van der Waals surface area contributed by atoms with Gasteiger partial charge in [0.25, 0.3) is 0 Å². The number of amides is 1. The Bertz CT molecular complexity index is 1100. The first-order valence-electron chi connectivity index (χ1n) is 10.0. The smallest absolute Gasteiger partial charge is 0.352 e. The van der Waals surface area contributed by atoms with Crippen molar-refractivity contribution in [1.29, 1.82) is 0 Å². The fourth-order valence-electron chi connectivity index (χ4n) is 4.98. The Morgan fingerprint density at radius 1 is 1.13 bits per heavy atom. The second-order valence-electron chi connectivity index (χ2n) is 8.07. The van der Waals surface area contributed by atoms with E-state index in [0.717, 1.165) is 27.3 Å². The van der Waals surface area contributed by atoms with Crippen molar-refractivity contribution >= 4 is 29.5 Å². The lowest BCUT2D eigenvalue weighted by Gasteiger charge is -2.46. The lowest BCUT2D eigenvalue weighted by atomic mass is 9.77. The van der Waals surface area contributed by atoms with Gasteiger partial charge in [0.1, 0.15) is 5.70 Å². The largest absolute Gasteiger partial charge is 0.477 e. The number of carbonyl (C=O) groups excluding carboxylic acids is 1. The van der Waals surface area contributed by atoms with Crippen molar-refractivity contribution in [3.8, 4) is 11.1 Å². The van der Waals surface area contributed by atoms with Gasteiger partial charge >= 0.3 is 5.97 Å². The summed E-state index contributed by atoms with van der Waals surface area (Å²) in [5.74, 6) is -2.08. The topological polar surface area (TPSA) is 81.1 Å². The van der Waals surface area contributed by atoms with Crippen molar-refractivity contribution in [2.75, 3.05) is 10.8 Å². The molecular weight excluding hydrogens is 400 g/mol. The molecule has 0 spiro atoms. The van der Waals surface area contributed by atoms with E-state index in [2.05, 4.69) is 22.5 Å². The minimum atomic E-state index is -1.09. The number of carbonyl (C=O) groups is 2. The predicted octanol–water partition coefficient (Wildman–Crippen LogP) is 3.38. The van der Waals surface area contributed by atoms with Crippen LogP contribution in [0.2, 0.25) is 0 Å². The summed E-state index contributed by atoms with van der Waals surface area (Å²) in [6, 6.07) is 16.0. The number of aliphatic hydroxyl groups is 1. The molecule has 30 heavy (non-hydrogen) atoms. The van der Waals surface area contributed by atoms with Crippen LogP contribution < -0.4 is 4.31 Å². The van der Waals surface area contributed by atoms with Crippen LogP contribution in [0.15, 0.2) is 64.7 Å². The number of benzene rings is 2. The first kappa shape index (κ1) is 19.2. The van der Waals surface area contributed by atoms with E-state index >= 15 is 0 Å². The van der Waals surface area contributed by atoms with Gasteiger partial charge in [-0.25, -0.2) is 4.79 Å². The van der Waals surface area contributed by atoms with Crippen LogP contribution in [0.4, 0.5) is 5.69 Å². The summed E-state index contributed by atoms with van der Waals surface area (Å²) in [5.41, 5.74) is 4.10. The SMILES string of the molecule is CC(O)C1C(=O)N2C(C(=O)O)=C(CN3Sc4ccccc4-c4ccccc43)[C@H](C)C12. The fraction of sp³-hybridized carbons (Fsp3) is 0.304. The number of fused-ring (bicyclic) bond motifs is 4. The summed E-state index contributed by atoms with van der Waals surface area (Å²) < 4.78 is 2.11. The molecule has 0 bridgehead atoms. The van der Waals surface area contributed by atoms with E-state index in [0.29, 0.717) is 6.54 Å². The van der Waals surface area contributed by atoms with Crippen LogP contribution in [-0.4, -0.2) is 45.7 Å². The molecular formula is C23H22N2O4S. The Kier molecular flexibility index (Phi) is 4.41. The number of aliphatic carboxylic acids is 1. The molecule has 6 nitrogen and oxygen atoms in total. The van der Waals surface area contributed by atoms with Gasteiger partial charge in [-0.2, -0.15) is 0 Å². The molecule has 3 aliphatic rings. The highest BCUT2D eigenvalue weighted by molar-refractivity contribution is 8.01. The number of rotatable bonds is 4. The Morgan fingerprint density at radius 2 is 1.80 bits per heavy atom. The van der Waals surface area contributed by atoms with E-state index in [4.69, 9.17) is 0 Å². The second-order valence-corrected chi connectivity index (χ2v) is 9.14. The molecule has 4 atom stereocenters. The first-order chi connectivity index (χ1) is 14.4. The van der Waals surface area contributed by atoms with Crippen molar-refractivity contribution in [3.63, 3.8) is 0 Å². The van der Waals surface area contributed by atoms with E-state index < -0.39 is 18.0 Å². The number of aliphatic hydroxyl groups excluding tert-OH is 1. The molecule has 5 rings (SSSR count). The van der Waals surface area contributed by atoms with Crippen LogP contribution in [0, 0.1) is 11.8 Å². The maximum absolute atomic E-state index is 12.6. The Morgan fingerprint density at radius 3 is 2.50 bits per heavy atom. The summed E-state index contributed by atoms with van der Waals surface area (Å²) in [5, 5.41) is 20.0. The van der Waals surface area contributed by atoms with E-state index in [1.54, 1.807) is 18.9 Å². The molecule has 0 radical (unpaired) electrons. The zero-order valence-corrected chi connectivity index (χ0v) is 17.5. The van der Waals surface area contributed by atoms with Crippen molar-refractivity contribution in [2.45, 2.75) is 30.9 Å². The lowest BCUT2D eigenvalue weighted by molar-refractivity contribution is -0.163. The van der Waals surface area contributed by atoms with E-state index in [1.165, 1.54) is 4.90 Å². The van der Waals surface area contributed by atoms with Crippen LogP contribution in [0.3, 0.4) is 0 Å². The van der Waals surface area contributed by atoms with Gasteiger partial charge in [-0.15, -0.1) is 0 Å². The van der Waals surface area contributed by atoms with E-state index in [1.807, 2.05) is 37.3 Å². The van der Waals surface area contributed by atoms with Gasteiger partial charge in [0, 0.05) is 16.4 Å². The van der Waals surface area contributed by atoms with Gasteiger partial charge in [-0.3, -0.25) is 4.79 Å². The predicted molar refractivity (Wildman–Crippen MR) is 115 cm³/mol. The summed E-state index contributed by atoms with van der Waals surface area (Å²) in [6.45, 7) is 3.95. The second kappa shape index (κ2) is 6.89. The summed E-state index contributed by atoms with van der Waals surface area (Å²) in [6.07, 6.45) is -0.799. The van der Waals surface area contributed by atoms with Crippen molar-refractivity contribution in [2.24, 2.45) is 11.8 Å². The van der Waals surface area contributed by atoms with E-state index in [-0.39, 0.29) is 23.6 Å². The molecule has 3 aliphatic heterocycles. The summed E-state index contributed by atoms with van der Waals surface area (Å²) >= 11 is 1.59. The van der Waals surface area contributed by atoms with Gasteiger partial charge in [-0.1, -0.05) is 43.3 Å². The normalized spacial score (nSPS) is 25.4. The van der Waals surface area contributed by atoms with Gasteiger partial charge in [0.15, 0.2) is 0 Å². The molecule has 2 N–H and O–H groups in total. The zero-order chi connectivity index (χ0) is 21.2. The van der Waals surface area contributed by atoms with Crippen molar-refractivity contribution in [1.82, 2.24) is 4.90 Å². The molecule has 2 aromatic rings. The zero-order valence-electron chi connectivity index (χ0n) is 16.6. The minimum absolute atomic E-state index is 0.0753. The monoisotopic (exact) mass is 422 g/mol. The number of nitrogens with zero attached hydrogens (tertiary/aromatic N) is 2. The maximum atomic E-state index is 12.6. The third-order valence-electron chi connectivity index (χ3n) is 6.39. The summed E-state index contributed by atoms with van der Waals surface area (Å²) in [7, 11) is 0. The maximum Gasteiger partial charge on any atom is 0.352 e. The third kappa shape index (κ3) is 2.62. The van der Waals surface area contributed by atoms with E-state index in [9.17, 15) is 19.8 Å². The molecule has 3 heterocycles. The highest BCUT2D eigenvalue weighted by Gasteiger charge is 2.59. The third-order valence-corrected chi connectivity index (χ3v) is 7.49. The Labute approximate surface area is 178 Å². The number of carboxylic acid groups (broad SMARTS) is 1. The average Bonchev–Trinajstić information content (AvgIpc) is 2.96. The molecule has 0 aliphatic carbocycles. The molecule has 3 unspecified atom stereocenters. The van der Waals surface area contributed by atoms with Crippen molar-refractivity contribution in [3.05, 3.63) is 59.8 Å². The fourth-order valence-corrected chi connectivity index (χ4v) is 6.10. The number of hydrogen-bond donors (Lipinski definition) is 2. The van der Waals surface area contributed by atoms with Crippen molar-refractivity contribution < 1.29 is 19.8 Å². The highest BCUT2D eigenvalue weighted by Crippen LogP contribution is 2.50. The van der Waals surface area contributed by atoms with Crippen LogP contribution >= 0.6 is 11.9 Å². The quantitative estimate of drug-likeness (QED) is 0.581.